The summed E-state index contributed by atoms with van der Waals surface area (Å²) in [7, 11) is 0. The Morgan fingerprint density at radius 2 is 2.21 bits per heavy atom. The summed E-state index contributed by atoms with van der Waals surface area (Å²) in [5.41, 5.74) is 0.929. The van der Waals surface area contributed by atoms with E-state index in [-0.39, 0.29) is 6.04 Å². The third-order valence-corrected chi connectivity index (χ3v) is 3.51. The van der Waals surface area contributed by atoms with Gasteiger partial charge in [0.15, 0.2) is 0 Å². The van der Waals surface area contributed by atoms with Crippen molar-refractivity contribution >= 4 is 11.6 Å². The molecule has 1 N–H and O–H groups in total. The number of nitrogens with zero attached hydrogens (tertiary/aromatic N) is 2. The second kappa shape index (κ2) is 6.76. The number of benzene rings is 1. The second-order valence-electron chi connectivity index (χ2n) is 4.44. The lowest BCUT2D eigenvalue weighted by atomic mass is 10.1. The van der Waals surface area contributed by atoms with Gasteiger partial charge in [-0.1, -0.05) is 17.7 Å². The molecule has 19 heavy (non-hydrogen) atoms. The van der Waals surface area contributed by atoms with Gasteiger partial charge in [0.2, 0.25) is 0 Å². The molecule has 0 bridgehead atoms. The highest BCUT2D eigenvalue weighted by Crippen LogP contribution is 2.30. The zero-order chi connectivity index (χ0) is 13.7. The van der Waals surface area contributed by atoms with E-state index in [1.165, 1.54) is 0 Å². The van der Waals surface area contributed by atoms with Crippen molar-refractivity contribution in [2.24, 2.45) is 0 Å². The number of nitriles is 1. The van der Waals surface area contributed by atoms with Gasteiger partial charge in [0.25, 0.3) is 0 Å². The minimum atomic E-state index is -0.240. The number of hydrogen-bond donors (Lipinski definition) is 1. The number of hydrogen-bond acceptors (Lipinski definition) is 4. The molecule has 1 saturated heterocycles. The van der Waals surface area contributed by atoms with E-state index in [4.69, 9.17) is 16.3 Å². The van der Waals surface area contributed by atoms with Crippen LogP contribution in [0.3, 0.4) is 0 Å². The Kier molecular flexibility index (Phi) is 5.03. The molecule has 2 rings (SSSR count). The van der Waals surface area contributed by atoms with Gasteiger partial charge in [0.05, 0.1) is 17.7 Å². The molecule has 0 radical (unpaired) electrons. The van der Waals surface area contributed by atoms with Crippen molar-refractivity contribution < 1.29 is 4.74 Å². The molecule has 1 aromatic carbocycles. The molecule has 0 saturated carbocycles. The van der Waals surface area contributed by atoms with E-state index in [1.807, 2.05) is 25.1 Å². The van der Waals surface area contributed by atoms with Gasteiger partial charge in [-0.05, 0) is 24.6 Å². The van der Waals surface area contributed by atoms with Crippen LogP contribution >= 0.6 is 11.6 Å². The smallest absolute Gasteiger partial charge is 0.137 e. The monoisotopic (exact) mass is 279 g/mol. The topological polar surface area (TPSA) is 48.3 Å². The first kappa shape index (κ1) is 14.1. The highest BCUT2D eigenvalue weighted by atomic mass is 35.5. The third-order valence-electron chi connectivity index (χ3n) is 3.21. The molecular weight excluding hydrogens is 262 g/mol. The standard InChI is InChI=1S/C14H18ClN3O/c1-2-19-14-4-3-11(9-12(14)15)13(10-16)18-7-5-17-6-8-18/h3-4,9,13,17H,2,5-8H2,1H3. The average molecular weight is 280 g/mol. The van der Waals surface area contributed by atoms with Crippen molar-refractivity contribution in [2.45, 2.75) is 13.0 Å². The van der Waals surface area contributed by atoms with Crippen LogP contribution in [0.1, 0.15) is 18.5 Å². The zero-order valence-corrected chi connectivity index (χ0v) is 11.8. The molecule has 1 aromatic rings. The van der Waals surface area contributed by atoms with Crippen LogP contribution < -0.4 is 10.1 Å². The minimum Gasteiger partial charge on any atom is -0.492 e. The predicted octanol–water partition coefficient (Wildman–Crippen LogP) is 2.21. The van der Waals surface area contributed by atoms with E-state index in [0.29, 0.717) is 17.4 Å². The molecule has 102 valence electrons. The van der Waals surface area contributed by atoms with Crippen molar-refractivity contribution in [1.82, 2.24) is 10.2 Å². The first-order chi connectivity index (χ1) is 9.26. The maximum atomic E-state index is 9.41. The van der Waals surface area contributed by atoms with E-state index in [0.717, 1.165) is 31.7 Å². The van der Waals surface area contributed by atoms with Crippen LogP contribution in [-0.2, 0) is 0 Å². The largest absolute Gasteiger partial charge is 0.492 e. The molecule has 1 heterocycles. The summed E-state index contributed by atoms with van der Waals surface area (Å²) < 4.78 is 5.41. The van der Waals surface area contributed by atoms with Gasteiger partial charge in [-0.25, -0.2) is 0 Å². The SMILES string of the molecule is CCOc1ccc(C(C#N)N2CCNCC2)cc1Cl. The molecule has 0 amide bonds. The fourth-order valence-electron chi connectivity index (χ4n) is 2.27. The maximum Gasteiger partial charge on any atom is 0.137 e. The minimum absolute atomic E-state index is 0.240. The third kappa shape index (κ3) is 3.38. The molecule has 1 atom stereocenters. The fraction of sp³-hybridized carbons (Fsp3) is 0.500. The normalized spacial score (nSPS) is 17.7. The van der Waals surface area contributed by atoms with Gasteiger partial charge in [-0.15, -0.1) is 0 Å². The number of ether oxygens (including phenoxy) is 1. The molecular formula is C14H18ClN3O. The van der Waals surface area contributed by atoms with Gasteiger partial charge in [-0.3, -0.25) is 4.90 Å². The Morgan fingerprint density at radius 3 is 2.79 bits per heavy atom. The summed E-state index contributed by atoms with van der Waals surface area (Å²) in [4.78, 5) is 2.17. The van der Waals surface area contributed by atoms with Crippen molar-refractivity contribution in [3.63, 3.8) is 0 Å². The number of piperazine rings is 1. The summed E-state index contributed by atoms with van der Waals surface area (Å²) in [6, 6.07) is 7.73. The van der Waals surface area contributed by atoms with Crippen LogP contribution in [0.25, 0.3) is 0 Å². The van der Waals surface area contributed by atoms with Crippen LogP contribution in [-0.4, -0.2) is 37.7 Å². The Labute approximate surface area is 118 Å². The average Bonchev–Trinajstić information content (AvgIpc) is 2.44. The molecule has 1 aliphatic rings. The quantitative estimate of drug-likeness (QED) is 0.918. The summed E-state index contributed by atoms with van der Waals surface area (Å²) in [5, 5.41) is 13.3. The first-order valence-corrected chi connectivity index (χ1v) is 6.90. The van der Waals surface area contributed by atoms with Crippen LogP contribution in [0, 0.1) is 11.3 Å². The van der Waals surface area contributed by atoms with E-state index < -0.39 is 0 Å². The molecule has 1 unspecified atom stereocenters. The van der Waals surface area contributed by atoms with Crippen molar-refractivity contribution in [3.8, 4) is 11.8 Å². The zero-order valence-electron chi connectivity index (χ0n) is 11.0. The molecule has 1 fully saturated rings. The summed E-state index contributed by atoms with van der Waals surface area (Å²) in [6.45, 7) is 6.10. The van der Waals surface area contributed by atoms with Gasteiger partial charge in [0, 0.05) is 26.2 Å². The van der Waals surface area contributed by atoms with E-state index in [2.05, 4.69) is 16.3 Å². The van der Waals surface area contributed by atoms with Crippen molar-refractivity contribution in [3.05, 3.63) is 28.8 Å². The highest BCUT2D eigenvalue weighted by molar-refractivity contribution is 6.32. The van der Waals surface area contributed by atoms with Gasteiger partial charge in [0.1, 0.15) is 11.8 Å². The van der Waals surface area contributed by atoms with E-state index in [9.17, 15) is 5.26 Å². The van der Waals surface area contributed by atoms with Crippen LogP contribution in [0.4, 0.5) is 0 Å². The molecule has 0 spiro atoms. The summed E-state index contributed by atoms with van der Waals surface area (Å²) >= 11 is 6.18. The van der Waals surface area contributed by atoms with Crippen molar-refractivity contribution in [1.29, 1.82) is 5.26 Å². The Balaban J connectivity index is 2.19. The number of nitrogens with one attached hydrogen (secondary N) is 1. The molecule has 0 aliphatic carbocycles. The van der Waals surface area contributed by atoms with Crippen LogP contribution in [0.15, 0.2) is 18.2 Å². The molecule has 4 nitrogen and oxygen atoms in total. The highest BCUT2D eigenvalue weighted by Gasteiger charge is 2.22. The molecule has 0 aromatic heterocycles. The second-order valence-corrected chi connectivity index (χ2v) is 4.85. The van der Waals surface area contributed by atoms with Crippen molar-refractivity contribution in [2.75, 3.05) is 32.8 Å². The van der Waals surface area contributed by atoms with Crippen LogP contribution in [0.2, 0.25) is 5.02 Å². The van der Waals surface area contributed by atoms with E-state index >= 15 is 0 Å². The van der Waals surface area contributed by atoms with Gasteiger partial charge >= 0.3 is 0 Å². The lowest BCUT2D eigenvalue weighted by Gasteiger charge is -2.31. The van der Waals surface area contributed by atoms with Gasteiger partial charge in [-0.2, -0.15) is 5.26 Å². The fourth-order valence-corrected chi connectivity index (χ4v) is 2.51. The predicted molar refractivity (Wildman–Crippen MR) is 75.4 cm³/mol. The molecule has 1 aliphatic heterocycles. The van der Waals surface area contributed by atoms with Gasteiger partial charge < -0.3 is 10.1 Å². The molecule has 5 heteroatoms. The lowest BCUT2D eigenvalue weighted by Crippen LogP contribution is -2.44. The Morgan fingerprint density at radius 1 is 1.47 bits per heavy atom. The Bertz CT molecular complexity index is 466. The number of rotatable bonds is 4. The summed E-state index contributed by atoms with van der Waals surface area (Å²) in [6.07, 6.45) is 0. The lowest BCUT2D eigenvalue weighted by molar-refractivity contribution is 0.207. The maximum absolute atomic E-state index is 9.41. The van der Waals surface area contributed by atoms with E-state index in [1.54, 1.807) is 0 Å². The summed E-state index contributed by atoms with van der Waals surface area (Å²) in [5.74, 6) is 0.671. The first-order valence-electron chi connectivity index (χ1n) is 6.53. The Hall–Kier alpha value is -1.28. The number of halogens is 1. The van der Waals surface area contributed by atoms with Crippen LogP contribution in [0.5, 0.6) is 5.75 Å².